The smallest absolute Gasteiger partial charge is 0.228 e. The van der Waals surface area contributed by atoms with E-state index in [0.29, 0.717) is 5.92 Å². The molecule has 0 fully saturated rings. The molecule has 0 unspecified atom stereocenters. The zero-order valence-corrected chi connectivity index (χ0v) is 16.3. The molecule has 146 valence electrons. The van der Waals surface area contributed by atoms with E-state index in [-0.39, 0.29) is 12.3 Å². The summed E-state index contributed by atoms with van der Waals surface area (Å²) >= 11 is 0. The lowest BCUT2D eigenvalue weighted by molar-refractivity contribution is -0.115. The summed E-state index contributed by atoms with van der Waals surface area (Å²) in [5.74, 6) is 1.40. The Balaban J connectivity index is 1.29. The number of aryl methyl sites for hydroxylation is 2. The lowest BCUT2D eigenvalue weighted by atomic mass is 9.91. The summed E-state index contributed by atoms with van der Waals surface area (Å²) in [6, 6.07) is 14.2. The van der Waals surface area contributed by atoms with Crippen molar-refractivity contribution < 1.29 is 9.21 Å². The number of benzene rings is 2. The highest BCUT2D eigenvalue weighted by Gasteiger charge is 2.21. The predicted octanol–water partition coefficient (Wildman–Crippen LogP) is 4.24. The molecule has 29 heavy (non-hydrogen) atoms. The molecule has 4 aromatic rings. The Morgan fingerprint density at radius 2 is 2.21 bits per heavy atom. The van der Waals surface area contributed by atoms with E-state index in [4.69, 9.17) is 4.42 Å². The van der Waals surface area contributed by atoms with Crippen LogP contribution >= 0.6 is 0 Å². The molecule has 1 atom stereocenters. The minimum absolute atomic E-state index is 0.0461. The van der Waals surface area contributed by atoms with Crippen molar-refractivity contribution in [2.24, 2.45) is 0 Å². The monoisotopic (exact) mass is 386 g/mol. The molecule has 3 heterocycles. The number of amides is 1. The summed E-state index contributed by atoms with van der Waals surface area (Å²) in [6.07, 6.45) is 5.72. The molecule has 5 rings (SSSR count). The van der Waals surface area contributed by atoms with Crippen LogP contribution in [-0.2, 0) is 24.2 Å². The second kappa shape index (κ2) is 7.20. The maximum Gasteiger partial charge on any atom is 0.228 e. The molecule has 1 aliphatic heterocycles. The number of hydrogen-bond acceptors (Lipinski definition) is 4. The van der Waals surface area contributed by atoms with Gasteiger partial charge >= 0.3 is 0 Å². The van der Waals surface area contributed by atoms with Crippen molar-refractivity contribution in [3.8, 4) is 0 Å². The summed E-state index contributed by atoms with van der Waals surface area (Å²) in [7, 11) is 0. The standard InChI is InChI=1S/C23H22N4O2/c1-15-5-7-20-18(13-29-21(20)9-15)11-23(28)25-19-4-2-3-16(10-19)17-6-8-22-26-24-14-27(22)12-17/h2-5,7,9-10,13-14,17H,6,8,11-12H2,1H3,(H,25,28)/t17-/m1/s1. The van der Waals surface area contributed by atoms with Crippen LogP contribution in [0, 0.1) is 6.92 Å². The van der Waals surface area contributed by atoms with E-state index in [1.54, 1.807) is 12.6 Å². The maximum absolute atomic E-state index is 12.6. The first kappa shape index (κ1) is 17.7. The fourth-order valence-electron chi connectivity index (χ4n) is 4.10. The lowest BCUT2D eigenvalue weighted by Crippen LogP contribution is -2.19. The molecule has 6 heteroatoms. The Morgan fingerprint density at radius 3 is 3.14 bits per heavy atom. The van der Waals surface area contributed by atoms with Gasteiger partial charge in [-0.15, -0.1) is 10.2 Å². The zero-order chi connectivity index (χ0) is 19.8. The minimum Gasteiger partial charge on any atom is -0.464 e. The summed E-state index contributed by atoms with van der Waals surface area (Å²) in [5.41, 5.74) is 4.92. The van der Waals surface area contributed by atoms with Crippen LogP contribution in [0.3, 0.4) is 0 Å². The first-order chi connectivity index (χ1) is 14.2. The second-order valence-electron chi connectivity index (χ2n) is 7.75. The summed E-state index contributed by atoms with van der Waals surface area (Å²) in [6.45, 7) is 2.90. The van der Waals surface area contributed by atoms with Gasteiger partial charge in [-0.05, 0) is 42.7 Å². The van der Waals surface area contributed by atoms with Gasteiger partial charge < -0.3 is 14.3 Å². The van der Waals surface area contributed by atoms with Crippen molar-refractivity contribution in [3.05, 3.63) is 77.6 Å². The average molecular weight is 386 g/mol. The molecule has 1 aliphatic rings. The van der Waals surface area contributed by atoms with Crippen LogP contribution in [0.4, 0.5) is 5.69 Å². The zero-order valence-electron chi connectivity index (χ0n) is 16.3. The van der Waals surface area contributed by atoms with E-state index in [9.17, 15) is 4.79 Å². The molecular weight excluding hydrogens is 364 g/mol. The Bertz CT molecular complexity index is 1190. The maximum atomic E-state index is 12.6. The van der Waals surface area contributed by atoms with Crippen molar-refractivity contribution in [1.29, 1.82) is 0 Å². The number of rotatable bonds is 4. The van der Waals surface area contributed by atoms with Crippen LogP contribution in [0.2, 0.25) is 0 Å². The van der Waals surface area contributed by atoms with E-state index in [2.05, 4.69) is 32.2 Å². The van der Waals surface area contributed by atoms with Crippen molar-refractivity contribution in [2.75, 3.05) is 5.32 Å². The molecule has 0 saturated carbocycles. The molecule has 0 saturated heterocycles. The highest BCUT2D eigenvalue weighted by atomic mass is 16.3. The van der Waals surface area contributed by atoms with E-state index in [1.165, 1.54) is 5.56 Å². The second-order valence-corrected chi connectivity index (χ2v) is 7.75. The minimum atomic E-state index is -0.0461. The first-order valence-corrected chi connectivity index (χ1v) is 9.89. The third-order valence-electron chi connectivity index (χ3n) is 5.63. The molecule has 0 radical (unpaired) electrons. The summed E-state index contributed by atoms with van der Waals surface area (Å²) in [4.78, 5) is 12.6. The Morgan fingerprint density at radius 1 is 1.28 bits per heavy atom. The topological polar surface area (TPSA) is 73.0 Å². The molecule has 0 bridgehead atoms. The number of hydrogen-bond donors (Lipinski definition) is 1. The number of carbonyl (C=O) groups excluding carboxylic acids is 1. The normalized spacial score (nSPS) is 16.0. The van der Waals surface area contributed by atoms with Crippen molar-refractivity contribution in [3.63, 3.8) is 0 Å². The van der Waals surface area contributed by atoms with Gasteiger partial charge in [0.1, 0.15) is 17.7 Å². The number of fused-ring (bicyclic) bond motifs is 2. The van der Waals surface area contributed by atoms with Gasteiger partial charge in [0, 0.05) is 35.5 Å². The van der Waals surface area contributed by atoms with E-state index >= 15 is 0 Å². The Kier molecular flexibility index (Phi) is 4.39. The fraction of sp³-hybridized carbons (Fsp3) is 0.261. The molecule has 0 spiro atoms. The van der Waals surface area contributed by atoms with E-state index < -0.39 is 0 Å². The first-order valence-electron chi connectivity index (χ1n) is 9.89. The summed E-state index contributed by atoms with van der Waals surface area (Å²) in [5, 5.41) is 12.2. The number of furan rings is 1. The van der Waals surface area contributed by atoms with Gasteiger partial charge in [-0.3, -0.25) is 4.79 Å². The van der Waals surface area contributed by atoms with Gasteiger partial charge in [0.05, 0.1) is 12.7 Å². The third-order valence-corrected chi connectivity index (χ3v) is 5.63. The Labute approximate surface area is 168 Å². The van der Waals surface area contributed by atoms with Gasteiger partial charge in [0.25, 0.3) is 0 Å². The van der Waals surface area contributed by atoms with Crippen LogP contribution in [0.5, 0.6) is 0 Å². The molecule has 1 N–H and O–H groups in total. The van der Waals surface area contributed by atoms with Crippen molar-refractivity contribution >= 4 is 22.6 Å². The molecular formula is C23H22N4O2. The van der Waals surface area contributed by atoms with Crippen molar-refractivity contribution in [2.45, 2.75) is 38.6 Å². The van der Waals surface area contributed by atoms with Crippen LogP contribution in [0.15, 0.2) is 59.5 Å². The van der Waals surface area contributed by atoms with Gasteiger partial charge in [-0.1, -0.05) is 24.3 Å². The lowest BCUT2D eigenvalue weighted by Gasteiger charge is -2.23. The van der Waals surface area contributed by atoms with E-state index in [0.717, 1.165) is 53.0 Å². The van der Waals surface area contributed by atoms with Crippen LogP contribution in [0.25, 0.3) is 11.0 Å². The molecule has 2 aromatic heterocycles. The molecule has 0 aliphatic carbocycles. The van der Waals surface area contributed by atoms with Gasteiger partial charge in [0.15, 0.2) is 0 Å². The number of anilines is 1. The highest BCUT2D eigenvalue weighted by molar-refractivity contribution is 5.95. The van der Waals surface area contributed by atoms with Gasteiger partial charge in [-0.25, -0.2) is 0 Å². The third kappa shape index (κ3) is 3.53. The SMILES string of the molecule is Cc1ccc2c(CC(=O)Nc3cccc([C@@H]4CCc5nncn5C4)c3)coc2c1. The van der Waals surface area contributed by atoms with Crippen LogP contribution in [-0.4, -0.2) is 20.7 Å². The van der Waals surface area contributed by atoms with Crippen LogP contribution < -0.4 is 5.32 Å². The van der Waals surface area contributed by atoms with E-state index in [1.807, 2.05) is 37.3 Å². The Hall–Kier alpha value is -3.41. The molecule has 1 amide bonds. The molecule has 2 aromatic carbocycles. The van der Waals surface area contributed by atoms with Crippen LogP contribution in [0.1, 0.15) is 34.9 Å². The summed E-state index contributed by atoms with van der Waals surface area (Å²) < 4.78 is 7.73. The van der Waals surface area contributed by atoms with Crippen molar-refractivity contribution in [1.82, 2.24) is 14.8 Å². The highest BCUT2D eigenvalue weighted by Crippen LogP contribution is 2.29. The molecule has 6 nitrogen and oxygen atoms in total. The number of carbonyl (C=O) groups is 1. The largest absolute Gasteiger partial charge is 0.464 e. The van der Waals surface area contributed by atoms with Gasteiger partial charge in [0.2, 0.25) is 5.91 Å². The quantitative estimate of drug-likeness (QED) is 0.569. The predicted molar refractivity (Wildman–Crippen MR) is 111 cm³/mol. The average Bonchev–Trinajstić information content (AvgIpc) is 3.34. The number of nitrogens with zero attached hydrogens (tertiary/aromatic N) is 3. The number of nitrogens with one attached hydrogen (secondary N) is 1. The number of aromatic nitrogens is 3. The van der Waals surface area contributed by atoms with Gasteiger partial charge in [-0.2, -0.15) is 0 Å². The fourth-order valence-corrected chi connectivity index (χ4v) is 4.10.